The molecule has 1 fully saturated rings. The molecule has 0 radical (unpaired) electrons. The van der Waals surface area contributed by atoms with E-state index in [1.807, 2.05) is 30.3 Å². The van der Waals surface area contributed by atoms with Crippen LogP contribution in [0.15, 0.2) is 42.5 Å². The standard InChI is InChI=1S/C21H24N2O5/c1-25-18-5-3-2-4-16(18)21(24)22-13-17(23-8-10-26-11-9-23)15-6-7-19-20(12-15)28-14-27-19/h2-7,12,17H,8-11,13-14H2,1H3,(H,22,24)/t17-/m1/s1. The van der Waals surface area contributed by atoms with Crippen molar-refractivity contribution in [2.45, 2.75) is 6.04 Å². The quantitative estimate of drug-likeness (QED) is 0.824. The Labute approximate surface area is 164 Å². The van der Waals surface area contributed by atoms with E-state index >= 15 is 0 Å². The number of carbonyl (C=O) groups excluding carboxylic acids is 1. The first-order valence-corrected chi connectivity index (χ1v) is 9.39. The average molecular weight is 384 g/mol. The zero-order chi connectivity index (χ0) is 19.3. The molecule has 4 rings (SSSR count). The lowest BCUT2D eigenvalue weighted by atomic mass is 10.0. The van der Waals surface area contributed by atoms with Crippen LogP contribution in [0.5, 0.6) is 17.2 Å². The lowest BCUT2D eigenvalue weighted by Gasteiger charge is -2.35. The number of ether oxygens (including phenoxy) is 4. The molecule has 7 nitrogen and oxygen atoms in total. The molecule has 0 bridgehead atoms. The second-order valence-electron chi connectivity index (χ2n) is 6.69. The number of benzene rings is 2. The highest BCUT2D eigenvalue weighted by Gasteiger charge is 2.26. The summed E-state index contributed by atoms with van der Waals surface area (Å²) in [5, 5.41) is 3.06. The third-order valence-corrected chi connectivity index (χ3v) is 5.08. The molecule has 2 aromatic rings. The highest BCUT2D eigenvalue weighted by Crippen LogP contribution is 2.35. The Kier molecular flexibility index (Phi) is 5.64. The molecule has 0 unspecified atom stereocenters. The number of nitrogens with one attached hydrogen (secondary N) is 1. The van der Waals surface area contributed by atoms with Crippen LogP contribution in [0.2, 0.25) is 0 Å². The smallest absolute Gasteiger partial charge is 0.255 e. The van der Waals surface area contributed by atoms with E-state index in [2.05, 4.69) is 10.2 Å². The number of nitrogens with zero attached hydrogens (tertiary/aromatic N) is 1. The molecule has 148 valence electrons. The number of amides is 1. The molecule has 2 aliphatic rings. The summed E-state index contributed by atoms with van der Waals surface area (Å²) in [6.45, 7) is 3.69. The van der Waals surface area contributed by atoms with Crippen molar-refractivity contribution >= 4 is 5.91 Å². The first-order chi connectivity index (χ1) is 13.8. The van der Waals surface area contributed by atoms with Gasteiger partial charge < -0.3 is 24.3 Å². The van der Waals surface area contributed by atoms with Crippen LogP contribution in [0.3, 0.4) is 0 Å². The van der Waals surface area contributed by atoms with Gasteiger partial charge in [0.15, 0.2) is 11.5 Å². The van der Waals surface area contributed by atoms with Gasteiger partial charge in [-0.2, -0.15) is 0 Å². The first-order valence-electron chi connectivity index (χ1n) is 9.39. The lowest BCUT2D eigenvalue weighted by molar-refractivity contribution is 0.0162. The van der Waals surface area contributed by atoms with Crippen molar-refractivity contribution in [1.82, 2.24) is 10.2 Å². The number of carbonyl (C=O) groups is 1. The Hall–Kier alpha value is -2.77. The number of hydrogen-bond donors (Lipinski definition) is 1. The van der Waals surface area contributed by atoms with Crippen LogP contribution in [0.1, 0.15) is 22.0 Å². The van der Waals surface area contributed by atoms with Crippen LogP contribution in [-0.4, -0.2) is 57.6 Å². The second kappa shape index (κ2) is 8.50. The van der Waals surface area contributed by atoms with E-state index < -0.39 is 0 Å². The summed E-state index contributed by atoms with van der Waals surface area (Å²) in [4.78, 5) is 15.1. The maximum atomic E-state index is 12.8. The van der Waals surface area contributed by atoms with Crippen molar-refractivity contribution < 1.29 is 23.7 Å². The number of para-hydroxylation sites is 1. The second-order valence-corrected chi connectivity index (χ2v) is 6.69. The third-order valence-electron chi connectivity index (χ3n) is 5.08. The molecule has 1 atom stereocenters. The fraction of sp³-hybridized carbons (Fsp3) is 0.381. The van der Waals surface area contributed by atoms with Gasteiger partial charge in [0.05, 0.1) is 31.9 Å². The Balaban J connectivity index is 1.53. The summed E-state index contributed by atoms with van der Waals surface area (Å²) in [6, 6.07) is 13.2. The largest absolute Gasteiger partial charge is 0.496 e. The van der Waals surface area contributed by atoms with Gasteiger partial charge in [-0.05, 0) is 29.8 Å². The van der Waals surface area contributed by atoms with Crippen LogP contribution in [-0.2, 0) is 4.74 Å². The van der Waals surface area contributed by atoms with Gasteiger partial charge in [0.2, 0.25) is 6.79 Å². The first kappa shape index (κ1) is 18.6. The van der Waals surface area contributed by atoms with Gasteiger partial charge in [0, 0.05) is 19.6 Å². The maximum absolute atomic E-state index is 12.8. The molecular weight excluding hydrogens is 360 g/mol. The summed E-state index contributed by atoms with van der Waals surface area (Å²) in [6.07, 6.45) is 0. The van der Waals surface area contributed by atoms with Gasteiger partial charge in [-0.1, -0.05) is 18.2 Å². The predicted octanol–water partition coefficient (Wildman–Crippen LogP) is 2.23. The van der Waals surface area contributed by atoms with E-state index in [0.717, 1.165) is 30.2 Å². The van der Waals surface area contributed by atoms with E-state index in [1.165, 1.54) is 0 Å². The number of fused-ring (bicyclic) bond motifs is 1. The van der Waals surface area contributed by atoms with Crippen LogP contribution in [0.4, 0.5) is 0 Å². The van der Waals surface area contributed by atoms with Crippen molar-refractivity contribution in [3.05, 3.63) is 53.6 Å². The van der Waals surface area contributed by atoms with Gasteiger partial charge in [-0.25, -0.2) is 0 Å². The molecule has 0 spiro atoms. The number of rotatable bonds is 6. The van der Waals surface area contributed by atoms with E-state index in [9.17, 15) is 4.79 Å². The summed E-state index contributed by atoms with van der Waals surface area (Å²) < 4.78 is 21.8. The van der Waals surface area contributed by atoms with Crippen molar-refractivity contribution in [3.8, 4) is 17.2 Å². The van der Waals surface area contributed by atoms with E-state index in [1.54, 1.807) is 19.2 Å². The zero-order valence-electron chi connectivity index (χ0n) is 15.8. The van der Waals surface area contributed by atoms with Gasteiger partial charge in [-0.3, -0.25) is 9.69 Å². The fourth-order valence-corrected chi connectivity index (χ4v) is 3.58. The van der Waals surface area contributed by atoms with Crippen molar-refractivity contribution in [2.75, 3.05) is 46.8 Å². The van der Waals surface area contributed by atoms with Gasteiger partial charge in [0.1, 0.15) is 5.75 Å². The highest BCUT2D eigenvalue weighted by molar-refractivity contribution is 5.96. The van der Waals surface area contributed by atoms with Crippen molar-refractivity contribution in [2.24, 2.45) is 0 Å². The van der Waals surface area contributed by atoms with Gasteiger partial charge >= 0.3 is 0 Å². The number of hydrogen-bond acceptors (Lipinski definition) is 6. The summed E-state index contributed by atoms with van der Waals surface area (Å²) in [5.41, 5.74) is 1.60. The normalized spacial score (nSPS) is 17.2. The zero-order valence-corrected chi connectivity index (χ0v) is 15.8. The summed E-state index contributed by atoms with van der Waals surface area (Å²) >= 11 is 0. The molecule has 7 heteroatoms. The minimum Gasteiger partial charge on any atom is -0.496 e. The van der Waals surface area contributed by atoms with E-state index in [-0.39, 0.29) is 18.7 Å². The minimum atomic E-state index is -0.156. The molecule has 28 heavy (non-hydrogen) atoms. The van der Waals surface area contributed by atoms with Crippen molar-refractivity contribution in [1.29, 1.82) is 0 Å². The maximum Gasteiger partial charge on any atom is 0.255 e. The minimum absolute atomic E-state index is 0.0112. The number of morpholine rings is 1. The molecule has 0 saturated carbocycles. The average Bonchev–Trinajstić information content (AvgIpc) is 3.22. The Morgan fingerprint density at radius 1 is 1.14 bits per heavy atom. The summed E-state index contributed by atoms with van der Waals surface area (Å²) in [7, 11) is 1.56. The third kappa shape index (κ3) is 3.90. The monoisotopic (exact) mass is 384 g/mol. The van der Waals surface area contributed by atoms with E-state index in [4.69, 9.17) is 18.9 Å². The van der Waals surface area contributed by atoms with Gasteiger partial charge in [-0.15, -0.1) is 0 Å². The fourth-order valence-electron chi connectivity index (χ4n) is 3.58. The molecule has 0 aromatic heterocycles. The summed E-state index contributed by atoms with van der Waals surface area (Å²) in [5.74, 6) is 1.90. The molecule has 1 N–H and O–H groups in total. The molecule has 2 aliphatic heterocycles. The van der Waals surface area contributed by atoms with Crippen LogP contribution < -0.4 is 19.5 Å². The Morgan fingerprint density at radius 3 is 2.75 bits per heavy atom. The Bertz CT molecular complexity index is 835. The topological polar surface area (TPSA) is 69.3 Å². The van der Waals surface area contributed by atoms with E-state index in [0.29, 0.717) is 31.1 Å². The SMILES string of the molecule is COc1ccccc1C(=O)NC[C@H](c1ccc2c(c1)OCO2)N1CCOCC1. The molecule has 1 saturated heterocycles. The molecule has 2 aromatic carbocycles. The van der Waals surface area contributed by atoms with Crippen LogP contribution in [0.25, 0.3) is 0 Å². The van der Waals surface area contributed by atoms with Gasteiger partial charge in [0.25, 0.3) is 5.91 Å². The molecular formula is C21H24N2O5. The van der Waals surface area contributed by atoms with Crippen LogP contribution >= 0.6 is 0 Å². The molecule has 0 aliphatic carbocycles. The highest BCUT2D eigenvalue weighted by atomic mass is 16.7. The van der Waals surface area contributed by atoms with Crippen molar-refractivity contribution in [3.63, 3.8) is 0 Å². The molecule has 2 heterocycles. The predicted molar refractivity (Wildman–Crippen MR) is 103 cm³/mol. The molecule has 1 amide bonds. The van der Waals surface area contributed by atoms with Crippen LogP contribution in [0, 0.1) is 0 Å². The Morgan fingerprint density at radius 2 is 1.93 bits per heavy atom. The number of methoxy groups -OCH3 is 1. The lowest BCUT2D eigenvalue weighted by Crippen LogP contribution is -2.43.